The lowest BCUT2D eigenvalue weighted by Gasteiger charge is -2.32. The van der Waals surface area contributed by atoms with Gasteiger partial charge in [0.1, 0.15) is 0 Å². The Bertz CT molecular complexity index is 875. The maximum absolute atomic E-state index is 9.10. The number of aliphatic hydroxyl groups is 1. The number of benzene rings is 3. The maximum atomic E-state index is 9.10. The second kappa shape index (κ2) is 8.66. The Labute approximate surface area is 161 Å². The summed E-state index contributed by atoms with van der Waals surface area (Å²) in [7, 11) is 0. The van der Waals surface area contributed by atoms with Gasteiger partial charge in [-0.1, -0.05) is 60.7 Å². The minimum absolute atomic E-state index is 0.175. The molecule has 1 aliphatic rings. The summed E-state index contributed by atoms with van der Waals surface area (Å²) in [6, 6.07) is 23.7. The van der Waals surface area contributed by atoms with Gasteiger partial charge in [0.2, 0.25) is 0 Å². The minimum Gasteiger partial charge on any atom is -0.396 e. The predicted octanol–water partition coefficient (Wildman–Crippen LogP) is 4.04. The van der Waals surface area contributed by atoms with E-state index in [2.05, 4.69) is 72.0 Å². The topological polar surface area (TPSA) is 41.5 Å². The molecule has 0 aromatic heterocycles. The van der Waals surface area contributed by atoms with Crippen molar-refractivity contribution in [2.24, 2.45) is 0 Å². The van der Waals surface area contributed by atoms with Gasteiger partial charge in [0, 0.05) is 19.1 Å². The van der Waals surface area contributed by atoms with Gasteiger partial charge in [-0.15, -0.1) is 0 Å². The highest BCUT2D eigenvalue weighted by Gasteiger charge is 2.27. The number of nitrogens with one attached hydrogen (secondary N) is 1. The van der Waals surface area contributed by atoms with Crippen LogP contribution in [0, 0.1) is 0 Å². The smallest absolute Gasteiger partial charge is 0.0772 e. The molecular formula is C24H27NO2. The van der Waals surface area contributed by atoms with Gasteiger partial charge in [-0.05, 0) is 52.9 Å². The molecule has 2 atom stereocenters. The standard InChI is InChI=1S/C24H27NO2/c26-14-12-18-5-9-21(10-6-18)23-11-13-25-16-24(23)27-17-19-7-8-20-3-1-2-4-22(20)15-19/h1-10,15,23-26H,11-14,16-17H2. The van der Waals surface area contributed by atoms with Gasteiger partial charge in [-0.2, -0.15) is 0 Å². The van der Waals surface area contributed by atoms with Crippen molar-refractivity contribution in [1.29, 1.82) is 0 Å². The molecule has 1 fully saturated rings. The number of hydrogen-bond acceptors (Lipinski definition) is 3. The molecular weight excluding hydrogens is 334 g/mol. The van der Waals surface area contributed by atoms with Crippen molar-refractivity contribution in [3.05, 3.63) is 83.4 Å². The number of ether oxygens (including phenoxy) is 1. The zero-order valence-corrected chi connectivity index (χ0v) is 15.6. The zero-order chi connectivity index (χ0) is 18.5. The molecule has 4 rings (SSSR count). The first-order chi connectivity index (χ1) is 13.3. The second-order valence-electron chi connectivity index (χ2n) is 7.35. The van der Waals surface area contributed by atoms with Crippen molar-refractivity contribution in [2.75, 3.05) is 19.7 Å². The van der Waals surface area contributed by atoms with E-state index in [1.165, 1.54) is 27.5 Å². The van der Waals surface area contributed by atoms with Gasteiger partial charge in [-0.25, -0.2) is 0 Å². The van der Waals surface area contributed by atoms with Crippen LogP contribution >= 0.6 is 0 Å². The summed E-state index contributed by atoms with van der Waals surface area (Å²) in [6.07, 6.45) is 1.98. The third kappa shape index (κ3) is 4.38. The highest BCUT2D eigenvalue weighted by atomic mass is 16.5. The lowest BCUT2D eigenvalue weighted by molar-refractivity contribution is 0.0106. The van der Waals surface area contributed by atoms with Crippen LogP contribution in [0.5, 0.6) is 0 Å². The van der Waals surface area contributed by atoms with E-state index in [4.69, 9.17) is 9.84 Å². The van der Waals surface area contributed by atoms with Crippen molar-refractivity contribution in [3.8, 4) is 0 Å². The van der Waals surface area contributed by atoms with Crippen molar-refractivity contribution in [2.45, 2.75) is 31.5 Å². The molecule has 0 amide bonds. The average Bonchev–Trinajstić information content (AvgIpc) is 2.73. The van der Waals surface area contributed by atoms with Crippen LogP contribution in [0.4, 0.5) is 0 Å². The summed E-state index contributed by atoms with van der Waals surface area (Å²) in [4.78, 5) is 0. The molecule has 0 aliphatic carbocycles. The molecule has 27 heavy (non-hydrogen) atoms. The van der Waals surface area contributed by atoms with E-state index in [9.17, 15) is 0 Å². The summed E-state index contributed by atoms with van der Waals surface area (Å²) < 4.78 is 6.36. The Balaban J connectivity index is 1.45. The summed E-state index contributed by atoms with van der Waals surface area (Å²) in [5.41, 5.74) is 3.74. The van der Waals surface area contributed by atoms with E-state index in [0.29, 0.717) is 18.9 Å². The van der Waals surface area contributed by atoms with E-state index in [1.807, 2.05) is 0 Å². The molecule has 0 bridgehead atoms. The molecule has 3 nitrogen and oxygen atoms in total. The van der Waals surface area contributed by atoms with Gasteiger partial charge < -0.3 is 15.2 Å². The molecule has 0 spiro atoms. The van der Waals surface area contributed by atoms with E-state index in [1.54, 1.807) is 0 Å². The average molecular weight is 361 g/mol. The van der Waals surface area contributed by atoms with Crippen LogP contribution in [0.3, 0.4) is 0 Å². The monoisotopic (exact) mass is 361 g/mol. The number of fused-ring (bicyclic) bond motifs is 1. The van der Waals surface area contributed by atoms with Gasteiger partial charge in [0.15, 0.2) is 0 Å². The van der Waals surface area contributed by atoms with Gasteiger partial charge in [0.25, 0.3) is 0 Å². The molecule has 140 valence electrons. The molecule has 2 N–H and O–H groups in total. The largest absolute Gasteiger partial charge is 0.396 e. The van der Waals surface area contributed by atoms with Crippen LogP contribution in [-0.4, -0.2) is 30.9 Å². The van der Waals surface area contributed by atoms with Crippen LogP contribution < -0.4 is 5.32 Å². The Morgan fingerprint density at radius 2 is 1.70 bits per heavy atom. The van der Waals surface area contributed by atoms with Gasteiger partial charge in [0.05, 0.1) is 12.7 Å². The van der Waals surface area contributed by atoms with E-state index in [-0.39, 0.29) is 12.7 Å². The SMILES string of the molecule is OCCc1ccc(C2CCNCC2OCc2ccc3ccccc3c2)cc1. The molecule has 0 saturated carbocycles. The van der Waals surface area contributed by atoms with E-state index >= 15 is 0 Å². The number of piperidine rings is 1. The van der Waals surface area contributed by atoms with Crippen LogP contribution in [0.2, 0.25) is 0 Å². The molecule has 3 heteroatoms. The predicted molar refractivity (Wildman–Crippen MR) is 110 cm³/mol. The first kappa shape index (κ1) is 18.2. The first-order valence-corrected chi connectivity index (χ1v) is 9.83. The third-order valence-corrected chi connectivity index (χ3v) is 5.51. The summed E-state index contributed by atoms with van der Waals surface area (Å²) >= 11 is 0. The van der Waals surface area contributed by atoms with Crippen LogP contribution in [0.15, 0.2) is 66.7 Å². The van der Waals surface area contributed by atoms with Crippen molar-refractivity contribution in [3.63, 3.8) is 0 Å². The maximum Gasteiger partial charge on any atom is 0.0772 e. The molecule has 1 heterocycles. The second-order valence-corrected chi connectivity index (χ2v) is 7.35. The number of aliphatic hydroxyl groups excluding tert-OH is 1. The summed E-state index contributed by atoms with van der Waals surface area (Å²) in [5, 5.41) is 15.1. The van der Waals surface area contributed by atoms with Crippen molar-refractivity contribution >= 4 is 10.8 Å². The van der Waals surface area contributed by atoms with Crippen LogP contribution in [0.25, 0.3) is 10.8 Å². The van der Waals surface area contributed by atoms with Gasteiger partial charge in [-0.3, -0.25) is 0 Å². The van der Waals surface area contributed by atoms with Gasteiger partial charge >= 0.3 is 0 Å². The van der Waals surface area contributed by atoms with Crippen LogP contribution in [-0.2, 0) is 17.8 Å². The van der Waals surface area contributed by atoms with Crippen LogP contribution in [0.1, 0.15) is 29.0 Å². The molecule has 2 unspecified atom stereocenters. The molecule has 1 aliphatic heterocycles. The quantitative estimate of drug-likeness (QED) is 0.696. The minimum atomic E-state index is 0.175. The molecule has 0 radical (unpaired) electrons. The Kier molecular flexibility index (Phi) is 5.83. The summed E-state index contributed by atoms with van der Waals surface area (Å²) in [5.74, 6) is 0.412. The first-order valence-electron chi connectivity index (χ1n) is 9.83. The molecule has 3 aromatic rings. The summed E-state index contributed by atoms with van der Waals surface area (Å²) in [6.45, 7) is 2.75. The zero-order valence-electron chi connectivity index (χ0n) is 15.6. The lowest BCUT2D eigenvalue weighted by Crippen LogP contribution is -2.40. The third-order valence-electron chi connectivity index (χ3n) is 5.51. The highest BCUT2D eigenvalue weighted by molar-refractivity contribution is 5.82. The lowest BCUT2D eigenvalue weighted by atomic mass is 9.87. The van der Waals surface area contributed by atoms with E-state index < -0.39 is 0 Å². The normalized spacial score (nSPS) is 20.0. The van der Waals surface area contributed by atoms with Crippen molar-refractivity contribution in [1.82, 2.24) is 5.32 Å². The fourth-order valence-electron chi connectivity index (χ4n) is 3.98. The number of rotatable bonds is 6. The fraction of sp³-hybridized carbons (Fsp3) is 0.333. The number of hydrogen-bond donors (Lipinski definition) is 2. The highest BCUT2D eigenvalue weighted by Crippen LogP contribution is 2.29. The Hall–Kier alpha value is -2.20. The van der Waals surface area contributed by atoms with E-state index in [0.717, 1.165) is 19.5 Å². The molecule has 3 aromatic carbocycles. The Morgan fingerprint density at radius 3 is 2.52 bits per heavy atom. The Morgan fingerprint density at radius 1 is 0.926 bits per heavy atom. The fourth-order valence-corrected chi connectivity index (χ4v) is 3.98. The molecule has 1 saturated heterocycles. The van der Waals surface area contributed by atoms with Crippen molar-refractivity contribution < 1.29 is 9.84 Å².